The normalized spacial score (nSPS) is 12.3. The van der Waals surface area contributed by atoms with Crippen LogP contribution < -0.4 is 9.46 Å². The average molecular weight is 512 g/mol. The van der Waals surface area contributed by atoms with Gasteiger partial charge < -0.3 is 13.8 Å². The maximum atomic E-state index is 12.8. The molecule has 2 aromatic carbocycles. The highest BCUT2D eigenvalue weighted by atomic mass is 32.2. The zero-order valence-electron chi connectivity index (χ0n) is 20.1. The van der Waals surface area contributed by atoms with E-state index in [-0.39, 0.29) is 17.9 Å². The molecule has 0 unspecified atom stereocenters. The van der Waals surface area contributed by atoms with E-state index in [1.807, 2.05) is 30.3 Å². The van der Waals surface area contributed by atoms with Crippen molar-refractivity contribution in [3.63, 3.8) is 0 Å². The highest BCUT2D eigenvalue weighted by Crippen LogP contribution is 2.52. The van der Waals surface area contributed by atoms with Crippen LogP contribution in [-0.4, -0.2) is 32.7 Å². The molecule has 2 aromatic rings. The Bertz CT molecular complexity index is 1040. The maximum absolute atomic E-state index is 12.8. The summed E-state index contributed by atoms with van der Waals surface area (Å²) in [6.07, 6.45) is 0.818. The highest BCUT2D eigenvalue weighted by Gasteiger charge is 2.36. The highest BCUT2D eigenvalue weighted by molar-refractivity contribution is 7.89. The number of hydrogen-bond donors (Lipinski definition) is 1. The molecule has 0 bridgehead atoms. The van der Waals surface area contributed by atoms with Crippen molar-refractivity contribution < 1.29 is 31.6 Å². The molecule has 188 valence electrons. The summed E-state index contributed by atoms with van der Waals surface area (Å²) in [5.74, 6) is 1.20. The minimum Gasteiger partial charge on any atom is -0.457 e. The molecule has 0 saturated heterocycles. The smallest absolute Gasteiger partial charge is 0.397 e. The molecule has 8 nitrogen and oxygen atoms in total. The first-order chi connectivity index (χ1) is 16.0. The van der Waals surface area contributed by atoms with Crippen LogP contribution in [0.4, 0.5) is 0 Å². The number of sulfonamides is 1. The zero-order chi connectivity index (χ0) is 25.2. The van der Waals surface area contributed by atoms with Crippen LogP contribution in [0.25, 0.3) is 0 Å². The molecule has 0 heterocycles. The Hall–Kier alpha value is -2.03. The molecule has 0 atom stereocenters. The second-order valence-electron chi connectivity index (χ2n) is 8.29. The van der Waals surface area contributed by atoms with Crippen LogP contribution in [0.2, 0.25) is 0 Å². The van der Waals surface area contributed by atoms with Crippen molar-refractivity contribution in [1.82, 2.24) is 4.72 Å². The molecule has 0 aliphatic carbocycles. The van der Waals surface area contributed by atoms with Crippen LogP contribution in [-0.2, 0) is 28.4 Å². The predicted octanol–water partition coefficient (Wildman–Crippen LogP) is 5.89. The Morgan fingerprint density at radius 2 is 1.41 bits per heavy atom. The van der Waals surface area contributed by atoms with Crippen molar-refractivity contribution in [3.8, 4) is 11.5 Å². The van der Waals surface area contributed by atoms with Crippen molar-refractivity contribution in [2.24, 2.45) is 0 Å². The third kappa shape index (κ3) is 9.31. The third-order valence-electron chi connectivity index (χ3n) is 4.48. The minimum absolute atomic E-state index is 0.0480. The van der Waals surface area contributed by atoms with Gasteiger partial charge in [-0.3, -0.25) is 9.36 Å². The summed E-state index contributed by atoms with van der Waals surface area (Å²) in [5.41, 5.74) is -0.548. The summed E-state index contributed by atoms with van der Waals surface area (Å²) < 4.78 is 56.6. The summed E-state index contributed by atoms with van der Waals surface area (Å²) >= 11 is 0. The first-order valence-electron chi connectivity index (χ1n) is 11.3. The lowest BCUT2D eigenvalue weighted by molar-refractivity contribution is -0.114. The van der Waals surface area contributed by atoms with Crippen LogP contribution >= 0.6 is 7.60 Å². The summed E-state index contributed by atoms with van der Waals surface area (Å²) in [7, 11) is -7.49. The van der Waals surface area contributed by atoms with Gasteiger partial charge in [-0.2, -0.15) is 0 Å². The number of para-hydroxylation sites is 1. The van der Waals surface area contributed by atoms with Gasteiger partial charge in [-0.05, 0) is 76.9 Å². The molecule has 0 aliphatic heterocycles. The number of ether oxygens (including phenoxy) is 1. The lowest BCUT2D eigenvalue weighted by Gasteiger charge is -2.21. The van der Waals surface area contributed by atoms with E-state index in [0.29, 0.717) is 30.8 Å². The molecule has 0 aliphatic rings. The van der Waals surface area contributed by atoms with E-state index < -0.39 is 35.4 Å². The molecular weight excluding hydrogens is 477 g/mol. The summed E-state index contributed by atoms with van der Waals surface area (Å²) in [6, 6.07) is 15.4. The van der Waals surface area contributed by atoms with Crippen molar-refractivity contribution in [2.45, 2.75) is 70.5 Å². The zero-order valence-corrected chi connectivity index (χ0v) is 21.8. The number of benzene rings is 2. The topological polar surface area (TPSA) is 108 Å². The number of carbonyl (C=O) groups excluding carboxylic acids is 1. The van der Waals surface area contributed by atoms with E-state index in [1.54, 1.807) is 39.8 Å². The lowest BCUT2D eigenvalue weighted by atomic mass is 10.2. The van der Waals surface area contributed by atoms with E-state index in [2.05, 4.69) is 4.72 Å². The second-order valence-corrected chi connectivity index (χ2v) is 12.0. The van der Waals surface area contributed by atoms with Gasteiger partial charge in [-0.15, -0.1) is 0 Å². The predicted molar refractivity (Wildman–Crippen MR) is 132 cm³/mol. The van der Waals surface area contributed by atoms with Gasteiger partial charge in [0.1, 0.15) is 11.5 Å². The standard InChI is InChI=1S/C24H34NO7PS/c1-19(2)31-33(27,32-20(3)4)24(26)13-9-6-10-18-25-34(28,29)23-16-14-22(15-17-23)30-21-11-7-5-8-12-21/h5,7-8,11-12,14-17,19-20,25H,6,9-10,13,18H2,1-4H3. The van der Waals surface area contributed by atoms with E-state index in [1.165, 1.54) is 12.1 Å². The molecular formula is C24H34NO7PS. The van der Waals surface area contributed by atoms with Crippen LogP contribution in [0.15, 0.2) is 59.5 Å². The molecule has 1 N–H and O–H groups in total. The van der Waals surface area contributed by atoms with Gasteiger partial charge in [0.2, 0.25) is 15.5 Å². The number of hydrogen-bond acceptors (Lipinski definition) is 7. The van der Waals surface area contributed by atoms with Crippen LogP contribution in [0.3, 0.4) is 0 Å². The van der Waals surface area contributed by atoms with Crippen molar-refractivity contribution >= 4 is 23.1 Å². The molecule has 0 radical (unpaired) electrons. The molecule has 0 spiro atoms. The molecule has 0 saturated carbocycles. The van der Waals surface area contributed by atoms with Crippen molar-refractivity contribution in [3.05, 3.63) is 54.6 Å². The van der Waals surface area contributed by atoms with Gasteiger partial charge in [0.05, 0.1) is 17.1 Å². The number of rotatable bonds is 15. The molecule has 0 fully saturated rings. The fourth-order valence-corrected chi connectivity index (χ4v) is 5.91. The summed E-state index contributed by atoms with van der Waals surface area (Å²) in [6.45, 7) is 7.00. The van der Waals surface area contributed by atoms with Gasteiger partial charge in [0.25, 0.3) is 0 Å². The first kappa shape index (κ1) is 28.2. The Kier molecular flexibility index (Phi) is 10.9. The number of nitrogens with one attached hydrogen (secondary N) is 1. The van der Waals surface area contributed by atoms with Gasteiger partial charge in [-0.1, -0.05) is 24.6 Å². The van der Waals surface area contributed by atoms with E-state index in [0.717, 1.165) is 0 Å². The average Bonchev–Trinajstić information content (AvgIpc) is 2.76. The van der Waals surface area contributed by atoms with E-state index in [9.17, 15) is 17.8 Å². The Balaban J connectivity index is 1.77. The Morgan fingerprint density at radius 1 is 0.853 bits per heavy atom. The van der Waals surface area contributed by atoms with Gasteiger partial charge in [0, 0.05) is 13.0 Å². The summed E-state index contributed by atoms with van der Waals surface area (Å²) in [5, 5.41) is 0. The SMILES string of the molecule is CC(C)OP(=O)(OC(C)C)C(=O)CCCCCNS(=O)(=O)c1ccc(Oc2ccccc2)cc1. The largest absolute Gasteiger partial charge is 0.457 e. The van der Waals surface area contributed by atoms with E-state index in [4.69, 9.17) is 13.8 Å². The van der Waals surface area contributed by atoms with Crippen LogP contribution in [0, 0.1) is 0 Å². The van der Waals surface area contributed by atoms with Crippen LogP contribution in [0.1, 0.15) is 53.4 Å². The van der Waals surface area contributed by atoms with Gasteiger partial charge in [0.15, 0.2) is 0 Å². The first-order valence-corrected chi connectivity index (χ1v) is 14.4. The monoisotopic (exact) mass is 511 g/mol. The van der Waals surface area contributed by atoms with Crippen molar-refractivity contribution in [2.75, 3.05) is 6.54 Å². The second kappa shape index (κ2) is 13.2. The molecule has 34 heavy (non-hydrogen) atoms. The van der Waals surface area contributed by atoms with Gasteiger partial charge in [-0.25, -0.2) is 13.1 Å². The Labute approximate surface area is 202 Å². The fraction of sp³-hybridized carbons (Fsp3) is 0.458. The molecule has 0 aromatic heterocycles. The number of carbonyl (C=O) groups is 1. The minimum atomic E-state index is -3.83. The number of unbranched alkanes of at least 4 members (excludes halogenated alkanes) is 2. The van der Waals surface area contributed by atoms with Crippen LogP contribution in [0.5, 0.6) is 11.5 Å². The third-order valence-corrected chi connectivity index (χ3v) is 8.19. The van der Waals surface area contributed by atoms with E-state index >= 15 is 0 Å². The molecule has 2 rings (SSSR count). The quantitative estimate of drug-likeness (QED) is 0.235. The fourth-order valence-electron chi connectivity index (χ4n) is 3.01. The molecule has 10 heteroatoms. The lowest BCUT2D eigenvalue weighted by Crippen LogP contribution is -2.24. The maximum Gasteiger partial charge on any atom is 0.397 e. The van der Waals surface area contributed by atoms with Crippen molar-refractivity contribution in [1.29, 1.82) is 0 Å². The Morgan fingerprint density at radius 3 is 1.97 bits per heavy atom. The summed E-state index contributed by atoms with van der Waals surface area (Å²) in [4.78, 5) is 12.6. The van der Waals surface area contributed by atoms with Gasteiger partial charge >= 0.3 is 7.60 Å². The molecule has 0 amide bonds.